The van der Waals surface area contributed by atoms with E-state index < -0.39 is 10.0 Å². The molecule has 0 spiro atoms. The average Bonchev–Trinajstić information content (AvgIpc) is 2.71. The summed E-state index contributed by atoms with van der Waals surface area (Å²) >= 11 is 0. The Labute approximate surface area is 127 Å². The van der Waals surface area contributed by atoms with Crippen molar-refractivity contribution in [1.82, 2.24) is 19.4 Å². The monoisotopic (exact) mass is 314 g/mol. The van der Waals surface area contributed by atoms with Gasteiger partial charge in [-0.15, -0.1) is 6.58 Å². The van der Waals surface area contributed by atoms with Crippen LogP contribution < -0.4 is 5.32 Å². The predicted octanol–water partition coefficient (Wildman–Crippen LogP) is 1.31. The highest BCUT2D eigenvalue weighted by molar-refractivity contribution is 7.89. The molecule has 0 fully saturated rings. The quantitative estimate of drug-likeness (QED) is 0.551. The normalized spacial score (nSPS) is 12.0. The SMILES string of the molecule is C=CCN(CC)S(=O)(=O)c1c(C)nn(CCNCC)c1C. The number of aryl methyl sites for hydroxylation is 1. The van der Waals surface area contributed by atoms with Gasteiger partial charge in [0, 0.05) is 19.6 Å². The Morgan fingerprint density at radius 1 is 1.38 bits per heavy atom. The molecule has 7 heteroatoms. The van der Waals surface area contributed by atoms with E-state index >= 15 is 0 Å². The van der Waals surface area contributed by atoms with Gasteiger partial charge >= 0.3 is 0 Å². The van der Waals surface area contributed by atoms with Gasteiger partial charge in [-0.1, -0.05) is 19.9 Å². The summed E-state index contributed by atoms with van der Waals surface area (Å²) in [6.45, 7) is 14.0. The second-order valence-corrected chi connectivity index (χ2v) is 6.70. The lowest BCUT2D eigenvalue weighted by Crippen LogP contribution is -2.31. The molecule has 1 aromatic heterocycles. The Bertz CT molecular complexity index is 578. The van der Waals surface area contributed by atoms with Crippen molar-refractivity contribution in [2.45, 2.75) is 39.1 Å². The van der Waals surface area contributed by atoms with E-state index in [1.165, 1.54) is 4.31 Å². The molecule has 0 bridgehead atoms. The van der Waals surface area contributed by atoms with Gasteiger partial charge in [0.25, 0.3) is 0 Å². The Morgan fingerprint density at radius 2 is 2.05 bits per heavy atom. The zero-order chi connectivity index (χ0) is 16.0. The number of hydrogen-bond acceptors (Lipinski definition) is 4. The molecule has 0 saturated heterocycles. The van der Waals surface area contributed by atoms with Crippen molar-refractivity contribution in [3.63, 3.8) is 0 Å². The van der Waals surface area contributed by atoms with Crippen molar-refractivity contribution in [3.05, 3.63) is 24.0 Å². The smallest absolute Gasteiger partial charge is 0.247 e. The summed E-state index contributed by atoms with van der Waals surface area (Å²) in [4.78, 5) is 0.322. The molecule has 6 nitrogen and oxygen atoms in total. The molecule has 1 rings (SSSR count). The largest absolute Gasteiger partial charge is 0.315 e. The maximum absolute atomic E-state index is 12.7. The number of nitrogens with zero attached hydrogens (tertiary/aromatic N) is 3. The summed E-state index contributed by atoms with van der Waals surface area (Å²) in [5.41, 5.74) is 1.24. The number of sulfonamides is 1. The van der Waals surface area contributed by atoms with Gasteiger partial charge in [0.15, 0.2) is 0 Å². The van der Waals surface area contributed by atoms with Gasteiger partial charge in [-0.25, -0.2) is 8.42 Å². The van der Waals surface area contributed by atoms with Gasteiger partial charge in [0.1, 0.15) is 4.90 Å². The lowest BCUT2D eigenvalue weighted by atomic mass is 10.4. The lowest BCUT2D eigenvalue weighted by Gasteiger charge is -2.19. The van der Waals surface area contributed by atoms with Crippen molar-refractivity contribution < 1.29 is 8.42 Å². The first kappa shape index (κ1) is 17.9. The number of likely N-dealkylation sites (N-methyl/N-ethyl adjacent to an activating group) is 2. The first-order valence-electron chi connectivity index (χ1n) is 7.25. The van der Waals surface area contributed by atoms with E-state index in [0.717, 1.165) is 13.1 Å². The van der Waals surface area contributed by atoms with Crippen molar-refractivity contribution in [1.29, 1.82) is 0 Å². The molecule has 0 aliphatic rings. The topological polar surface area (TPSA) is 67.2 Å². The van der Waals surface area contributed by atoms with Crippen LogP contribution in [0, 0.1) is 13.8 Å². The highest BCUT2D eigenvalue weighted by Crippen LogP contribution is 2.23. The summed E-state index contributed by atoms with van der Waals surface area (Å²) in [7, 11) is -3.53. The molecule has 1 heterocycles. The Morgan fingerprint density at radius 3 is 2.57 bits per heavy atom. The number of hydrogen-bond donors (Lipinski definition) is 1. The van der Waals surface area contributed by atoms with E-state index in [9.17, 15) is 8.42 Å². The van der Waals surface area contributed by atoms with E-state index in [4.69, 9.17) is 0 Å². The molecule has 0 amide bonds. The minimum Gasteiger partial charge on any atom is -0.315 e. The molecule has 0 atom stereocenters. The second-order valence-electron chi connectivity index (χ2n) is 4.82. The van der Waals surface area contributed by atoms with E-state index in [1.54, 1.807) is 24.6 Å². The third kappa shape index (κ3) is 3.93. The highest BCUT2D eigenvalue weighted by Gasteiger charge is 2.29. The van der Waals surface area contributed by atoms with Crippen LogP contribution >= 0.6 is 0 Å². The fourth-order valence-electron chi connectivity index (χ4n) is 2.30. The van der Waals surface area contributed by atoms with Crippen LogP contribution in [0.4, 0.5) is 0 Å². The average molecular weight is 314 g/mol. The van der Waals surface area contributed by atoms with E-state index in [2.05, 4.69) is 17.0 Å². The zero-order valence-corrected chi connectivity index (χ0v) is 14.2. The maximum atomic E-state index is 12.7. The summed E-state index contributed by atoms with van der Waals surface area (Å²) in [5, 5.41) is 7.58. The molecule has 0 aromatic carbocycles. The zero-order valence-electron chi connectivity index (χ0n) is 13.4. The van der Waals surface area contributed by atoms with E-state index in [-0.39, 0.29) is 0 Å². The highest BCUT2D eigenvalue weighted by atomic mass is 32.2. The molecule has 1 N–H and O–H groups in total. The van der Waals surface area contributed by atoms with Crippen molar-refractivity contribution in [3.8, 4) is 0 Å². The molecule has 21 heavy (non-hydrogen) atoms. The third-order valence-electron chi connectivity index (χ3n) is 3.35. The van der Waals surface area contributed by atoms with Gasteiger partial charge in [0.2, 0.25) is 10.0 Å². The van der Waals surface area contributed by atoms with Crippen LogP contribution in [-0.4, -0.2) is 48.7 Å². The minimum atomic E-state index is -3.53. The molecule has 0 radical (unpaired) electrons. The number of nitrogens with one attached hydrogen (secondary N) is 1. The van der Waals surface area contributed by atoms with Crippen LogP contribution in [0.2, 0.25) is 0 Å². The summed E-state index contributed by atoms with van der Waals surface area (Å²) in [5.74, 6) is 0. The maximum Gasteiger partial charge on any atom is 0.247 e. The van der Waals surface area contributed by atoms with Crippen molar-refractivity contribution >= 4 is 10.0 Å². The van der Waals surface area contributed by atoms with Crippen molar-refractivity contribution in [2.24, 2.45) is 0 Å². The molecule has 0 aliphatic carbocycles. The van der Waals surface area contributed by atoms with Gasteiger partial charge < -0.3 is 5.32 Å². The lowest BCUT2D eigenvalue weighted by molar-refractivity contribution is 0.458. The molecular formula is C14H26N4O2S. The summed E-state index contributed by atoms with van der Waals surface area (Å²) in [6, 6.07) is 0. The van der Waals surface area contributed by atoms with Crippen LogP contribution in [0.3, 0.4) is 0 Å². The van der Waals surface area contributed by atoms with Gasteiger partial charge in [-0.2, -0.15) is 9.40 Å². The fourth-order valence-corrected chi connectivity index (χ4v) is 4.10. The van der Waals surface area contributed by atoms with Crippen LogP contribution in [0.25, 0.3) is 0 Å². The molecule has 0 saturated carbocycles. The molecular weight excluding hydrogens is 288 g/mol. The fraction of sp³-hybridized carbons (Fsp3) is 0.643. The third-order valence-corrected chi connectivity index (χ3v) is 5.54. The van der Waals surface area contributed by atoms with E-state index in [1.807, 2.05) is 13.8 Å². The molecule has 1 aromatic rings. The Hall–Kier alpha value is -1.18. The van der Waals surface area contributed by atoms with Crippen LogP contribution in [0.1, 0.15) is 25.2 Å². The summed E-state index contributed by atoms with van der Waals surface area (Å²) in [6.07, 6.45) is 1.60. The van der Waals surface area contributed by atoms with Crippen molar-refractivity contribution in [2.75, 3.05) is 26.2 Å². The van der Waals surface area contributed by atoms with Crippen LogP contribution in [0.5, 0.6) is 0 Å². The molecule has 0 aliphatic heterocycles. The molecule has 120 valence electrons. The second kappa shape index (κ2) is 7.72. The minimum absolute atomic E-state index is 0.306. The first-order chi connectivity index (χ1) is 9.89. The van der Waals surface area contributed by atoms with Crippen LogP contribution in [0.15, 0.2) is 17.6 Å². The molecule has 0 unspecified atom stereocenters. The number of rotatable bonds is 9. The standard InChI is InChI=1S/C14H26N4O2S/c1-6-10-17(8-3)21(19,20)14-12(4)16-18(13(14)5)11-9-15-7-2/h6,15H,1,7-11H2,2-5H3. The van der Waals surface area contributed by atoms with E-state index in [0.29, 0.717) is 35.9 Å². The predicted molar refractivity (Wildman–Crippen MR) is 84.9 cm³/mol. The van der Waals surface area contributed by atoms with Gasteiger partial charge in [-0.3, -0.25) is 4.68 Å². The first-order valence-corrected chi connectivity index (χ1v) is 8.69. The Kier molecular flexibility index (Phi) is 6.57. The Balaban J connectivity index is 3.15. The van der Waals surface area contributed by atoms with Gasteiger partial charge in [-0.05, 0) is 20.4 Å². The van der Waals surface area contributed by atoms with Gasteiger partial charge in [0.05, 0.1) is 17.9 Å². The van der Waals surface area contributed by atoms with Crippen LogP contribution in [-0.2, 0) is 16.6 Å². The number of aromatic nitrogens is 2. The summed E-state index contributed by atoms with van der Waals surface area (Å²) < 4.78 is 28.7.